The number of ether oxygens (including phenoxy) is 1. The number of hydrogen-bond acceptors (Lipinski definition) is 6. The average molecular weight is 398 g/mol. The molecule has 0 aliphatic rings. The van der Waals surface area contributed by atoms with Crippen molar-refractivity contribution in [3.63, 3.8) is 0 Å². The Morgan fingerprint density at radius 3 is 2.48 bits per heavy atom. The normalized spacial score (nSPS) is 10.3. The lowest BCUT2D eigenvalue weighted by molar-refractivity contribution is -0.139. The lowest BCUT2D eigenvalue weighted by Gasteiger charge is -2.06. The van der Waals surface area contributed by atoms with Gasteiger partial charge < -0.3 is 10.1 Å². The predicted molar refractivity (Wildman–Crippen MR) is 102 cm³/mol. The molecule has 2 rings (SSSR count). The van der Waals surface area contributed by atoms with E-state index in [0.717, 1.165) is 4.88 Å². The van der Waals surface area contributed by atoms with Crippen molar-refractivity contribution in [3.05, 3.63) is 51.2 Å². The zero-order chi connectivity index (χ0) is 18.2. The molecule has 25 heavy (non-hydrogen) atoms. The van der Waals surface area contributed by atoms with Crippen LogP contribution in [0, 0.1) is 0 Å². The zero-order valence-corrected chi connectivity index (χ0v) is 15.8. The van der Waals surface area contributed by atoms with Gasteiger partial charge in [0.25, 0.3) is 0 Å². The molecule has 0 aliphatic carbocycles. The Morgan fingerprint density at radius 2 is 1.88 bits per heavy atom. The smallest absolute Gasteiger partial charge is 0.316 e. The summed E-state index contributed by atoms with van der Waals surface area (Å²) in [4.78, 5) is 35.7. The second kappa shape index (κ2) is 9.60. The molecule has 8 heteroatoms. The molecular weight excluding hydrogens is 382 g/mol. The highest BCUT2D eigenvalue weighted by molar-refractivity contribution is 7.99. The zero-order valence-electron chi connectivity index (χ0n) is 13.4. The first-order chi connectivity index (χ1) is 11.9. The van der Waals surface area contributed by atoms with E-state index in [-0.39, 0.29) is 24.1 Å². The first-order valence-corrected chi connectivity index (χ1v) is 9.67. The number of carbonyl (C=O) groups excluding carboxylic acids is 3. The Labute approximate surface area is 158 Å². The number of hydrogen-bond donors (Lipinski definition) is 1. The number of anilines is 1. The highest BCUT2D eigenvalue weighted by atomic mass is 35.5. The van der Waals surface area contributed by atoms with E-state index in [9.17, 15) is 14.4 Å². The Morgan fingerprint density at radius 1 is 1.16 bits per heavy atom. The summed E-state index contributed by atoms with van der Waals surface area (Å²) in [7, 11) is 0. The molecule has 1 aromatic carbocycles. The third-order valence-electron chi connectivity index (χ3n) is 2.98. The largest absolute Gasteiger partial charge is 0.457 e. The van der Waals surface area contributed by atoms with Gasteiger partial charge in [-0.15, -0.1) is 23.1 Å². The summed E-state index contributed by atoms with van der Waals surface area (Å²) in [6.07, 6.45) is 0. The number of thioether (sulfide) groups is 1. The lowest BCUT2D eigenvalue weighted by atomic mass is 10.1. The van der Waals surface area contributed by atoms with E-state index in [1.54, 1.807) is 24.3 Å². The van der Waals surface area contributed by atoms with Crippen molar-refractivity contribution in [1.82, 2.24) is 0 Å². The molecule has 0 spiro atoms. The van der Waals surface area contributed by atoms with Crippen molar-refractivity contribution in [2.24, 2.45) is 0 Å². The summed E-state index contributed by atoms with van der Waals surface area (Å²) in [6, 6.07) is 10.1. The monoisotopic (exact) mass is 397 g/mol. The van der Waals surface area contributed by atoms with E-state index in [1.807, 2.05) is 12.1 Å². The fourth-order valence-electron chi connectivity index (χ4n) is 1.88. The molecule has 0 aliphatic heterocycles. The van der Waals surface area contributed by atoms with E-state index in [4.69, 9.17) is 16.3 Å². The molecule has 0 radical (unpaired) electrons. The average Bonchev–Trinajstić information content (AvgIpc) is 2.98. The number of benzene rings is 1. The first kappa shape index (κ1) is 19.5. The summed E-state index contributed by atoms with van der Waals surface area (Å²) in [5.74, 6) is -0.0704. The summed E-state index contributed by atoms with van der Waals surface area (Å²) in [5.41, 5.74) is 1.02. The summed E-state index contributed by atoms with van der Waals surface area (Å²) in [5, 5.41) is 2.61. The van der Waals surface area contributed by atoms with Crippen LogP contribution in [0.15, 0.2) is 36.4 Å². The van der Waals surface area contributed by atoms with Crippen LogP contribution in [0.25, 0.3) is 0 Å². The molecule has 0 saturated carbocycles. The van der Waals surface area contributed by atoms with E-state index in [1.165, 1.54) is 30.0 Å². The van der Waals surface area contributed by atoms with Gasteiger partial charge in [0.05, 0.1) is 10.1 Å². The molecule has 0 saturated heterocycles. The molecule has 132 valence electrons. The van der Waals surface area contributed by atoms with Gasteiger partial charge in [-0.1, -0.05) is 11.6 Å². The molecule has 1 N–H and O–H groups in total. The van der Waals surface area contributed by atoms with Crippen molar-refractivity contribution >= 4 is 58.0 Å². The maximum absolute atomic E-state index is 12.0. The minimum absolute atomic E-state index is 0.171. The summed E-state index contributed by atoms with van der Waals surface area (Å²) < 4.78 is 5.71. The Bertz CT molecular complexity index is 758. The van der Waals surface area contributed by atoms with Crippen LogP contribution in [0.5, 0.6) is 0 Å². The van der Waals surface area contributed by atoms with Gasteiger partial charge in [-0.25, -0.2) is 0 Å². The SMILES string of the molecule is CC(=O)Nc1ccc(C(=O)COC(=O)CSCc2ccc(Cl)s2)cc1. The summed E-state index contributed by atoms with van der Waals surface area (Å²) in [6.45, 7) is 1.10. The fraction of sp³-hybridized carbons (Fsp3) is 0.235. The molecule has 2 aromatic rings. The van der Waals surface area contributed by atoms with Crippen molar-refractivity contribution in [3.8, 4) is 0 Å². The van der Waals surface area contributed by atoms with Gasteiger partial charge in [-0.2, -0.15) is 0 Å². The molecule has 1 heterocycles. The van der Waals surface area contributed by atoms with Crippen molar-refractivity contribution in [1.29, 1.82) is 0 Å². The van der Waals surface area contributed by atoms with Crippen LogP contribution in [-0.4, -0.2) is 30.0 Å². The lowest BCUT2D eigenvalue weighted by Crippen LogP contribution is -2.15. The van der Waals surface area contributed by atoms with E-state index < -0.39 is 5.97 Å². The van der Waals surface area contributed by atoms with Crippen LogP contribution >= 0.6 is 34.7 Å². The van der Waals surface area contributed by atoms with Crippen LogP contribution in [0.1, 0.15) is 22.2 Å². The standard InChI is InChI=1S/C17H16ClNO4S2/c1-11(20)19-13-4-2-12(3-5-13)15(21)8-23-17(22)10-24-9-14-6-7-16(18)25-14/h2-7H,8-10H2,1H3,(H,19,20). The Hall–Kier alpha value is -1.83. The Kier molecular flexibility index (Phi) is 7.49. The molecule has 1 amide bonds. The van der Waals surface area contributed by atoms with Crippen molar-refractivity contribution < 1.29 is 19.1 Å². The molecular formula is C17H16ClNO4S2. The van der Waals surface area contributed by atoms with Gasteiger partial charge in [0, 0.05) is 28.8 Å². The molecule has 5 nitrogen and oxygen atoms in total. The van der Waals surface area contributed by atoms with Gasteiger partial charge in [0.1, 0.15) is 0 Å². The highest BCUT2D eigenvalue weighted by Crippen LogP contribution is 2.25. The quantitative estimate of drug-likeness (QED) is 0.538. The topological polar surface area (TPSA) is 72.5 Å². The fourth-order valence-corrected chi connectivity index (χ4v) is 3.90. The van der Waals surface area contributed by atoms with E-state index >= 15 is 0 Å². The van der Waals surface area contributed by atoms with Crippen LogP contribution in [0.2, 0.25) is 4.34 Å². The number of thiophene rings is 1. The number of carbonyl (C=O) groups is 3. The second-order valence-corrected chi connectivity index (χ2v) is 7.83. The first-order valence-electron chi connectivity index (χ1n) is 7.32. The number of nitrogens with one attached hydrogen (secondary N) is 1. The maximum atomic E-state index is 12.0. The van der Waals surface area contributed by atoms with Crippen LogP contribution in [-0.2, 0) is 20.1 Å². The third-order valence-corrected chi connectivity index (χ3v) is 5.35. The van der Waals surface area contributed by atoms with Gasteiger partial charge in [-0.3, -0.25) is 14.4 Å². The van der Waals surface area contributed by atoms with Gasteiger partial charge >= 0.3 is 5.97 Å². The molecule has 0 atom stereocenters. The highest BCUT2D eigenvalue weighted by Gasteiger charge is 2.11. The minimum atomic E-state index is -0.434. The molecule has 0 bridgehead atoms. The van der Waals surface area contributed by atoms with Gasteiger partial charge in [0.15, 0.2) is 12.4 Å². The van der Waals surface area contributed by atoms with Gasteiger partial charge in [0.2, 0.25) is 5.91 Å². The number of rotatable bonds is 8. The number of amides is 1. The number of ketones is 1. The summed E-state index contributed by atoms with van der Waals surface area (Å²) >= 11 is 8.72. The van der Waals surface area contributed by atoms with Crippen molar-refractivity contribution in [2.45, 2.75) is 12.7 Å². The maximum Gasteiger partial charge on any atom is 0.316 e. The van der Waals surface area contributed by atoms with Crippen LogP contribution < -0.4 is 5.32 Å². The van der Waals surface area contributed by atoms with Crippen LogP contribution in [0.4, 0.5) is 5.69 Å². The number of Topliss-reactive ketones (excluding diaryl/α,β-unsaturated/α-hetero) is 1. The minimum Gasteiger partial charge on any atom is -0.457 e. The number of esters is 1. The molecule has 0 unspecified atom stereocenters. The molecule has 0 fully saturated rings. The second-order valence-electron chi connectivity index (χ2n) is 5.04. The van der Waals surface area contributed by atoms with Crippen LogP contribution in [0.3, 0.4) is 0 Å². The predicted octanol–water partition coefficient (Wildman–Crippen LogP) is 4.02. The van der Waals surface area contributed by atoms with E-state index in [0.29, 0.717) is 21.3 Å². The Balaban J connectivity index is 1.71. The third kappa shape index (κ3) is 6.89. The van der Waals surface area contributed by atoms with E-state index in [2.05, 4.69) is 5.32 Å². The van der Waals surface area contributed by atoms with Gasteiger partial charge in [-0.05, 0) is 36.4 Å². The molecule has 1 aromatic heterocycles. The number of halogens is 1. The van der Waals surface area contributed by atoms with Crippen molar-refractivity contribution in [2.75, 3.05) is 17.7 Å².